The molecule has 0 bridgehead atoms. The van der Waals surface area contributed by atoms with Crippen LogP contribution in [0.25, 0.3) is 0 Å². The summed E-state index contributed by atoms with van der Waals surface area (Å²) in [7, 11) is 2.50. The van der Waals surface area contributed by atoms with Crippen molar-refractivity contribution in [1.29, 1.82) is 0 Å². The molecule has 3 aliphatic heterocycles. The summed E-state index contributed by atoms with van der Waals surface area (Å²) in [5, 5.41) is 11.4. The van der Waals surface area contributed by atoms with Gasteiger partial charge >= 0.3 is 12.2 Å². The Morgan fingerprint density at radius 2 is 0.937 bits per heavy atom. The zero-order valence-corrected chi connectivity index (χ0v) is 37.7. The van der Waals surface area contributed by atoms with E-state index >= 15 is 0 Å². The van der Waals surface area contributed by atoms with Crippen LogP contribution in [0.4, 0.5) is 26.7 Å². The summed E-state index contributed by atoms with van der Waals surface area (Å²) >= 11 is 0. The van der Waals surface area contributed by atoms with E-state index in [-0.39, 0.29) is 35.7 Å². The van der Waals surface area contributed by atoms with Gasteiger partial charge in [-0.15, -0.1) is 0 Å². The maximum atomic E-state index is 13.7. The molecule has 0 aliphatic carbocycles. The van der Waals surface area contributed by atoms with Gasteiger partial charge in [0.25, 0.3) is 0 Å². The number of nitrogens with one attached hydrogen (secondary N) is 4. The van der Waals surface area contributed by atoms with Crippen molar-refractivity contribution in [1.82, 2.24) is 20.4 Å². The molecule has 0 unspecified atom stereocenters. The van der Waals surface area contributed by atoms with Crippen LogP contribution in [0.5, 0.6) is 0 Å². The number of ether oxygens (including phenoxy) is 2. The van der Waals surface area contributed by atoms with Crippen LogP contribution in [0.2, 0.25) is 0 Å². The van der Waals surface area contributed by atoms with Crippen molar-refractivity contribution in [2.75, 3.05) is 42.8 Å². The van der Waals surface area contributed by atoms with Crippen LogP contribution in [0.15, 0.2) is 78.9 Å². The molecule has 3 saturated heterocycles. The molecule has 3 aliphatic rings. The van der Waals surface area contributed by atoms with Gasteiger partial charge in [0.05, 0.1) is 26.3 Å². The summed E-state index contributed by atoms with van der Waals surface area (Å²) in [6.45, 7) is 12.0. The van der Waals surface area contributed by atoms with Gasteiger partial charge in [-0.1, -0.05) is 84.0 Å². The number of rotatable bonds is 11. The summed E-state index contributed by atoms with van der Waals surface area (Å²) < 4.78 is 9.55. The van der Waals surface area contributed by atoms with E-state index in [9.17, 15) is 28.8 Å². The van der Waals surface area contributed by atoms with Crippen LogP contribution in [0.3, 0.4) is 0 Å². The number of hydrogen-bond acceptors (Lipinski definition) is 9. The lowest BCUT2D eigenvalue weighted by Gasteiger charge is -2.35. The van der Waals surface area contributed by atoms with Crippen molar-refractivity contribution in [3.63, 3.8) is 0 Å². The Balaban J connectivity index is 1.13. The highest BCUT2D eigenvalue weighted by molar-refractivity contribution is 6.00. The van der Waals surface area contributed by atoms with E-state index in [4.69, 9.17) is 9.47 Å². The van der Waals surface area contributed by atoms with Gasteiger partial charge < -0.3 is 45.4 Å². The number of carbonyl (C=O) groups is 6. The summed E-state index contributed by atoms with van der Waals surface area (Å²) in [4.78, 5) is 84.6. The molecule has 3 heterocycles. The van der Waals surface area contributed by atoms with E-state index in [2.05, 4.69) is 38.3 Å². The van der Waals surface area contributed by atoms with Gasteiger partial charge in [0, 0.05) is 30.2 Å². The Morgan fingerprint density at radius 1 is 0.556 bits per heavy atom. The van der Waals surface area contributed by atoms with Crippen molar-refractivity contribution in [2.24, 2.45) is 10.8 Å². The van der Waals surface area contributed by atoms with Crippen LogP contribution in [-0.4, -0.2) is 97.1 Å². The Bertz CT molecular complexity index is 1990. The molecule has 3 aromatic rings. The standard InChI is InChI=1S/C48H63N7O8/c1-47(2,3)39(51-45(60)62-7)43(58)53-28-12-16-37(53)41(56)49-32-22-18-30(19-23-32)35-26-27-36(55(35)34-14-10-9-11-15-34)31-20-24-33(25-21-31)50-42(57)38-17-13-29-54(38)44(59)40(48(4,5)6)52-46(61)63-8/h9-11,14-15,18-25,35-40H,12-13,16-17,26-29H2,1-8H3,(H,49,56)(H,50,57)(H,51,60)(H,52,61)/t35-,36-,37+,38+,39-,40-/m1/s1. The molecule has 338 valence electrons. The number of carbonyl (C=O) groups excluding carboxylic acids is 6. The number of nitrogens with zero attached hydrogens (tertiary/aromatic N) is 3. The smallest absolute Gasteiger partial charge is 0.407 e. The predicted octanol–water partition coefficient (Wildman–Crippen LogP) is 7.17. The second-order valence-electron chi connectivity index (χ2n) is 18.8. The van der Waals surface area contributed by atoms with Crippen LogP contribution >= 0.6 is 0 Å². The van der Waals surface area contributed by atoms with Gasteiger partial charge in [-0.2, -0.15) is 0 Å². The van der Waals surface area contributed by atoms with Gasteiger partial charge in [0.2, 0.25) is 23.6 Å². The van der Waals surface area contributed by atoms with Crippen molar-refractivity contribution < 1.29 is 38.2 Å². The van der Waals surface area contributed by atoms with Gasteiger partial charge in [-0.25, -0.2) is 9.59 Å². The van der Waals surface area contributed by atoms with Crippen LogP contribution in [0, 0.1) is 10.8 Å². The number of amides is 6. The molecule has 4 N–H and O–H groups in total. The monoisotopic (exact) mass is 865 g/mol. The second-order valence-corrected chi connectivity index (χ2v) is 18.8. The Hall–Kier alpha value is -6.12. The quantitative estimate of drug-likeness (QED) is 0.156. The lowest BCUT2D eigenvalue weighted by molar-refractivity contribution is -0.140. The van der Waals surface area contributed by atoms with Crippen LogP contribution in [0.1, 0.15) is 103 Å². The average Bonchev–Trinajstić information content (AvgIpc) is 4.05. The fraction of sp³-hybridized carbons (Fsp3) is 0.500. The number of hydrogen-bond donors (Lipinski definition) is 4. The summed E-state index contributed by atoms with van der Waals surface area (Å²) in [5.41, 5.74) is 3.29. The Kier molecular flexibility index (Phi) is 14.4. The molecule has 15 heteroatoms. The maximum Gasteiger partial charge on any atom is 0.407 e. The normalized spacial score (nSPS) is 21.0. The Labute approximate surface area is 370 Å². The molecule has 0 aromatic heterocycles. The molecular weight excluding hydrogens is 803 g/mol. The maximum absolute atomic E-state index is 13.7. The molecule has 6 atom stereocenters. The molecule has 0 spiro atoms. The average molecular weight is 866 g/mol. The predicted molar refractivity (Wildman–Crippen MR) is 241 cm³/mol. The fourth-order valence-corrected chi connectivity index (χ4v) is 9.04. The number of para-hydroxylation sites is 1. The summed E-state index contributed by atoms with van der Waals surface area (Å²) in [6, 6.07) is 23.0. The number of alkyl carbamates (subject to hydrolysis) is 2. The molecule has 6 rings (SSSR count). The molecular formula is C48H63N7O8. The highest BCUT2D eigenvalue weighted by Crippen LogP contribution is 2.47. The van der Waals surface area contributed by atoms with Crippen molar-refractivity contribution >= 4 is 52.9 Å². The zero-order chi connectivity index (χ0) is 45.6. The van der Waals surface area contributed by atoms with E-state index in [1.54, 1.807) is 9.80 Å². The lowest BCUT2D eigenvalue weighted by Crippen LogP contribution is -2.57. The molecule has 6 amide bonds. The third-order valence-electron chi connectivity index (χ3n) is 12.4. The van der Waals surface area contributed by atoms with E-state index in [0.29, 0.717) is 50.1 Å². The summed E-state index contributed by atoms with van der Waals surface area (Å²) in [5.74, 6) is -1.19. The first-order chi connectivity index (χ1) is 29.9. The van der Waals surface area contributed by atoms with Crippen molar-refractivity contribution in [3.05, 3.63) is 90.0 Å². The molecule has 0 saturated carbocycles. The zero-order valence-electron chi connectivity index (χ0n) is 37.7. The van der Waals surface area contributed by atoms with E-state index in [1.165, 1.54) is 14.2 Å². The van der Waals surface area contributed by atoms with Gasteiger partial charge in [0.15, 0.2) is 0 Å². The number of benzene rings is 3. The minimum Gasteiger partial charge on any atom is -0.453 e. The van der Waals surface area contributed by atoms with Gasteiger partial charge in [-0.05, 0) is 96.9 Å². The van der Waals surface area contributed by atoms with Gasteiger partial charge in [-0.3, -0.25) is 19.2 Å². The molecule has 3 fully saturated rings. The minimum atomic E-state index is -0.863. The molecule has 3 aromatic carbocycles. The first-order valence-electron chi connectivity index (χ1n) is 21.9. The fourth-order valence-electron chi connectivity index (χ4n) is 9.04. The first-order valence-corrected chi connectivity index (χ1v) is 21.9. The second kappa shape index (κ2) is 19.5. The van der Waals surface area contributed by atoms with Crippen LogP contribution < -0.4 is 26.2 Å². The molecule has 15 nitrogen and oxygen atoms in total. The topological polar surface area (TPSA) is 179 Å². The number of anilines is 3. The third kappa shape index (κ3) is 10.7. The van der Waals surface area contributed by atoms with Crippen molar-refractivity contribution in [2.45, 2.75) is 116 Å². The highest BCUT2D eigenvalue weighted by Gasteiger charge is 2.44. The van der Waals surface area contributed by atoms with Crippen molar-refractivity contribution in [3.8, 4) is 0 Å². The molecule has 63 heavy (non-hydrogen) atoms. The van der Waals surface area contributed by atoms with Crippen LogP contribution in [-0.2, 0) is 28.7 Å². The largest absolute Gasteiger partial charge is 0.453 e. The Morgan fingerprint density at radius 3 is 1.29 bits per heavy atom. The van der Waals surface area contributed by atoms with E-state index < -0.39 is 47.2 Å². The minimum absolute atomic E-state index is 0.0394. The third-order valence-corrected chi connectivity index (χ3v) is 12.4. The number of methoxy groups -OCH3 is 2. The summed E-state index contributed by atoms with van der Waals surface area (Å²) in [6.07, 6.45) is 2.74. The van der Waals surface area contributed by atoms with E-state index in [1.807, 2.05) is 108 Å². The molecule has 0 radical (unpaired) electrons. The SMILES string of the molecule is COC(=O)N[C@H](C(=O)N1CCC[C@H]1C(=O)Nc1ccc([C@H]2CC[C@H](c3ccc(NC(=O)[C@@H]4CCCN4C(=O)[C@@H](NC(=O)OC)C(C)(C)C)cc3)N2c2ccccc2)cc1)C(C)(C)C. The highest BCUT2D eigenvalue weighted by atomic mass is 16.5. The lowest BCUT2D eigenvalue weighted by atomic mass is 9.85. The van der Waals surface area contributed by atoms with E-state index in [0.717, 1.165) is 29.7 Å². The number of likely N-dealkylation sites (tertiary alicyclic amines) is 2. The van der Waals surface area contributed by atoms with Gasteiger partial charge in [0.1, 0.15) is 24.2 Å². The first kappa shape index (κ1) is 46.4.